The highest BCUT2D eigenvalue weighted by molar-refractivity contribution is 8.26. The number of hydrogen-bond donors (Lipinski definition) is 0. The standard InChI is InChI=1S/C23H28N4O3S2/c1-13-11-26(12-14(2)30-13)20-17(15(3)18(10-24)21(28)25(20)4)9-19-22(29)27(23(31)32-19)16-7-5-6-8-16/h9,13-14,16H,5-8,11-12H2,1-4H3/b19-9-/t13-,14-/m1/s1. The van der Waals surface area contributed by atoms with E-state index >= 15 is 0 Å². The van der Waals surface area contributed by atoms with Crippen LogP contribution in [0.3, 0.4) is 0 Å². The molecule has 3 fully saturated rings. The van der Waals surface area contributed by atoms with Crippen molar-refractivity contribution in [3.05, 3.63) is 31.9 Å². The average Bonchev–Trinajstić information content (AvgIpc) is 3.34. The van der Waals surface area contributed by atoms with Crippen LogP contribution in [0.25, 0.3) is 6.08 Å². The quantitative estimate of drug-likeness (QED) is 0.493. The lowest BCUT2D eigenvalue weighted by Gasteiger charge is -2.38. The number of ether oxygens (including phenoxy) is 1. The summed E-state index contributed by atoms with van der Waals surface area (Å²) in [4.78, 5) is 30.7. The highest BCUT2D eigenvalue weighted by atomic mass is 32.2. The fourth-order valence-corrected chi connectivity index (χ4v) is 6.42. The van der Waals surface area contributed by atoms with E-state index in [1.807, 2.05) is 19.9 Å². The molecule has 1 aromatic heterocycles. The zero-order valence-corrected chi connectivity index (χ0v) is 20.5. The van der Waals surface area contributed by atoms with Gasteiger partial charge in [0.15, 0.2) is 0 Å². The Morgan fingerprint density at radius 1 is 1.19 bits per heavy atom. The van der Waals surface area contributed by atoms with Crippen molar-refractivity contribution in [1.82, 2.24) is 9.47 Å². The summed E-state index contributed by atoms with van der Waals surface area (Å²) in [6.45, 7) is 7.02. The molecule has 0 bridgehead atoms. The van der Waals surface area contributed by atoms with E-state index in [1.165, 1.54) is 16.3 Å². The van der Waals surface area contributed by atoms with E-state index in [0.29, 0.717) is 33.7 Å². The van der Waals surface area contributed by atoms with Crippen LogP contribution in [0.4, 0.5) is 5.82 Å². The Kier molecular flexibility index (Phi) is 6.48. The molecule has 1 aromatic rings. The van der Waals surface area contributed by atoms with Crippen molar-refractivity contribution >= 4 is 46.1 Å². The zero-order chi connectivity index (χ0) is 23.2. The van der Waals surface area contributed by atoms with Crippen molar-refractivity contribution < 1.29 is 9.53 Å². The number of anilines is 1. The molecule has 3 aliphatic rings. The second-order valence-electron chi connectivity index (χ2n) is 8.87. The lowest BCUT2D eigenvalue weighted by atomic mass is 10.0. The summed E-state index contributed by atoms with van der Waals surface area (Å²) in [5, 5.41) is 9.66. The maximum absolute atomic E-state index is 13.3. The number of aromatic nitrogens is 1. The molecule has 2 saturated heterocycles. The van der Waals surface area contributed by atoms with E-state index in [1.54, 1.807) is 18.9 Å². The van der Waals surface area contributed by atoms with E-state index in [4.69, 9.17) is 17.0 Å². The Morgan fingerprint density at radius 3 is 2.41 bits per heavy atom. The van der Waals surface area contributed by atoms with Crippen LogP contribution in [0.1, 0.15) is 56.2 Å². The number of carbonyl (C=O) groups is 1. The van der Waals surface area contributed by atoms with Gasteiger partial charge in [0.25, 0.3) is 11.5 Å². The van der Waals surface area contributed by atoms with Gasteiger partial charge in [0.2, 0.25) is 0 Å². The predicted octanol–water partition coefficient (Wildman–Crippen LogP) is 3.32. The Bertz CT molecular complexity index is 1090. The van der Waals surface area contributed by atoms with Crippen LogP contribution in [0.2, 0.25) is 0 Å². The molecule has 9 heteroatoms. The first-order valence-electron chi connectivity index (χ1n) is 11.0. The molecule has 0 spiro atoms. The van der Waals surface area contributed by atoms with Gasteiger partial charge in [-0.2, -0.15) is 5.26 Å². The fourth-order valence-electron chi connectivity index (χ4n) is 5.03. The first-order valence-corrected chi connectivity index (χ1v) is 12.3. The van der Waals surface area contributed by atoms with Gasteiger partial charge >= 0.3 is 0 Å². The Labute approximate surface area is 198 Å². The highest BCUT2D eigenvalue weighted by Gasteiger charge is 2.38. The summed E-state index contributed by atoms with van der Waals surface area (Å²) in [6.07, 6.45) is 6.01. The van der Waals surface area contributed by atoms with Gasteiger partial charge in [-0.15, -0.1) is 0 Å². The summed E-state index contributed by atoms with van der Waals surface area (Å²) in [7, 11) is 1.68. The molecule has 7 nitrogen and oxygen atoms in total. The Balaban J connectivity index is 1.84. The molecular weight excluding hydrogens is 444 g/mol. The predicted molar refractivity (Wildman–Crippen MR) is 131 cm³/mol. The second-order valence-corrected chi connectivity index (χ2v) is 10.5. The molecule has 4 rings (SSSR count). The summed E-state index contributed by atoms with van der Waals surface area (Å²) in [5.41, 5.74) is 1.07. The summed E-state index contributed by atoms with van der Waals surface area (Å²) < 4.78 is 8.00. The van der Waals surface area contributed by atoms with Gasteiger partial charge in [0.1, 0.15) is 21.8 Å². The summed E-state index contributed by atoms with van der Waals surface area (Å²) in [5.74, 6) is 0.632. The minimum atomic E-state index is -0.331. The van der Waals surface area contributed by atoms with Gasteiger partial charge in [-0.25, -0.2) is 0 Å². The number of rotatable bonds is 3. The molecule has 1 aliphatic carbocycles. The molecular formula is C23H28N4O3S2. The molecule has 32 heavy (non-hydrogen) atoms. The van der Waals surface area contributed by atoms with Gasteiger partial charge in [0, 0.05) is 31.7 Å². The Hall–Kier alpha value is -2.15. The van der Waals surface area contributed by atoms with Crippen molar-refractivity contribution in [2.45, 2.75) is 64.7 Å². The van der Waals surface area contributed by atoms with E-state index in [-0.39, 0.29) is 35.3 Å². The monoisotopic (exact) mass is 472 g/mol. The molecule has 2 atom stereocenters. The van der Waals surface area contributed by atoms with Crippen molar-refractivity contribution in [3.8, 4) is 6.07 Å². The topological polar surface area (TPSA) is 78.6 Å². The maximum atomic E-state index is 13.3. The Morgan fingerprint density at radius 2 is 1.81 bits per heavy atom. The van der Waals surface area contributed by atoms with Crippen LogP contribution in [0.5, 0.6) is 0 Å². The van der Waals surface area contributed by atoms with Gasteiger partial charge in [-0.05, 0) is 45.3 Å². The van der Waals surface area contributed by atoms with Crippen LogP contribution >= 0.6 is 24.0 Å². The third-order valence-corrected chi connectivity index (χ3v) is 7.81. The van der Waals surface area contributed by atoms with Crippen LogP contribution in [-0.4, -0.2) is 51.0 Å². The molecule has 1 saturated carbocycles. The number of morpholine rings is 1. The number of nitriles is 1. The number of amides is 1. The van der Waals surface area contributed by atoms with Crippen LogP contribution in [0, 0.1) is 18.3 Å². The highest BCUT2D eigenvalue weighted by Crippen LogP contribution is 2.39. The minimum absolute atomic E-state index is 0.00164. The third kappa shape index (κ3) is 4.00. The molecule has 2 aliphatic heterocycles. The SMILES string of the molecule is Cc1c(/C=C2\SC(=S)N(C3CCCC3)C2=O)c(N2C[C@@H](C)O[C@H](C)C2)n(C)c(=O)c1C#N. The first-order chi connectivity index (χ1) is 15.2. The molecule has 0 N–H and O–H groups in total. The van der Waals surface area contributed by atoms with E-state index < -0.39 is 0 Å². The maximum Gasteiger partial charge on any atom is 0.270 e. The van der Waals surface area contributed by atoms with E-state index in [2.05, 4.69) is 11.0 Å². The summed E-state index contributed by atoms with van der Waals surface area (Å²) in [6, 6.07) is 2.23. The van der Waals surface area contributed by atoms with E-state index in [9.17, 15) is 14.9 Å². The molecule has 1 amide bonds. The number of thioether (sulfide) groups is 1. The largest absolute Gasteiger partial charge is 0.372 e. The number of thiocarbonyl (C=S) groups is 1. The molecule has 0 radical (unpaired) electrons. The van der Waals surface area contributed by atoms with Crippen molar-refractivity contribution in [1.29, 1.82) is 5.26 Å². The normalized spacial score (nSPS) is 25.8. The molecule has 3 heterocycles. The lowest BCUT2D eigenvalue weighted by Crippen LogP contribution is -2.47. The molecule has 170 valence electrons. The average molecular weight is 473 g/mol. The van der Waals surface area contributed by atoms with Crippen molar-refractivity contribution in [2.75, 3.05) is 18.0 Å². The summed E-state index contributed by atoms with van der Waals surface area (Å²) >= 11 is 6.86. The number of hydrogen-bond acceptors (Lipinski definition) is 7. The van der Waals surface area contributed by atoms with Gasteiger partial charge in [-0.3, -0.25) is 19.1 Å². The third-order valence-electron chi connectivity index (χ3n) is 6.48. The fraction of sp³-hybridized carbons (Fsp3) is 0.565. The van der Waals surface area contributed by atoms with Gasteiger partial charge < -0.3 is 9.64 Å². The smallest absolute Gasteiger partial charge is 0.270 e. The lowest BCUT2D eigenvalue weighted by molar-refractivity contribution is -0.123. The molecule has 0 unspecified atom stereocenters. The van der Waals surface area contributed by atoms with Crippen molar-refractivity contribution in [3.63, 3.8) is 0 Å². The van der Waals surface area contributed by atoms with Gasteiger partial charge in [0.05, 0.1) is 17.1 Å². The van der Waals surface area contributed by atoms with Crippen LogP contribution in [0.15, 0.2) is 9.70 Å². The zero-order valence-electron chi connectivity index (χ0n) is 18.9. The minimum Gasteiger partial charge on any atom is -0.372 e. The number of nitrogens with zero attached hydrogens (tertiary/aromatic N) is 4. The van der Waals surface area contributed by atoms with Crippen LogP contribution < -0.4 is 10.5 Å². The molecule has 0 aromatic carbocycles. The second kappa shape index (κ2) is 9.00. The van der Waals surface area contributed by atoms with Gasteiger partial charge in [-0.1, -0.05) is 36.8 Å². The van der Waals surface area contributed by atoms with E-state index in [0.717, 1.165) is 31.2 Å². The number of carbonyl (C=O) groups excluding carboxylic acids is 1. The number of pyridine rings is 1. The first kappa shape index (κ1) is 23.0. The van der Waals surface area contributed by atoms with Crippen LogP contribution in [-0.2, 0) is 16.6 Å². The van der Waals surface area contributed by atoms with Crippen molar-refractivity contribution in [2.24, 2.45) is 7.05 Å².